The molecule has 0 spiro atoms. The number of aryl methyl sites for hydroxylation is 2. The number of anilines is 3. The molecule has 2 aromatic heterocycles. The summed E-state index contributed by atoms with van der Waals surface area (Å²) in [6, 6.07) is 18.0. The van der Waals surface area contributed by atoms with Gasteiger partial charge in [0.2, 0.25) is 0 Å². The van der Waals surface area contributed by atoms with E-state index >= 15 is 0 Å². The third-order valence-corrected chi connectivity index (χ3v) is 6.18. The second-order valence-electron chi connectivity index (χ2n) is 7.28. The van der Waals surface area contributed by atoms with Crippen molar-refractivity contribution in [2.45, 2.75) is 13.8 Å². The van der Waals surface area contributed by atoms with E-state index in [1.807, 2.05) is 62.4 Å². The zero-order chi connectivity index (χ0) is 22.1. The van der Waals surface area contributed by atoms with Gasteiger partial charge in [-0.05, 0) is 31.5 Å². The molecule has 31 heavy (non-hydrogen) atoms. The van der Waals surface area contributed by atoms with E-state index in [0.29, 0.717) is 27.2 Å². The van der Waals surface area contributed by atoms with Crippen molar-refractivity contribution in [1.29, 1.82) is 5.26 Å². The van der Waals surface area contributed by atoms with E-state index in [-0.39, 0.29) is 11.7 Å². The lowest BCUT2D eigenvalue weighted by molar-refractivity contribution is 0.0965. The number of carbonyl (C=O) groups excluding carboxylic acids is 1. The van der Waals surface area contributed by atoms with Crippen LogP contribution in [0.2, 0.25) is 0 Å². The van der Waals surface area contributed by atoms with Crippen LogP contribution in [0.4, 0.5) is 16.5 Å². The van der Waals surface area contributed by atoms with E-state index in [1.54, 1.807) is 7.05 Å². The first-order valence-electron chi connectivity index (χ1n) is 9.71. The smallest absolute Gasteiger partial charge is 0.256 e. The quantitative estimate of drug-likeness (QED) is 0.418. The molecule has 0 unspecified atom stereocenters. The third kappa shape index (κ3) is 3.69. The molecule has 4 rings (SSSR count). The standard InChI is InChI=1S/C24H21N5OS/c1-13-4-8-15(9-5-13)18-17(12-25)22(26)29-20-19(23(30)27-3)24(31-21(18)20)28-16-10-6-14(2)7-11-16/h4-11,28H,1-3H3,(H2,26,29)(H,27,30). The highest BCUT2D eigenvalue weighted by Crippen LogP contribution is 2.44. The van der Waals surface area contributed by atoms with Gasteiger partial charge >= 0.3 is 0 Å². The molecule has 1 amide bonds. The molecule has 154 valence electrons. The molecule has 2 heterocycles. The number of fused-ring (bicyclic) bond motifs is 1. The number of nitrogen functional groups attached to an aromatic ring is 1. The number of aromatic nitrogens is 1. The van der Waals surface area contributed by atoms with Crippen LogP contribution >= 0.6 is 11.3 Å². The van der Waals surface area contributed by atoms with Gasteiger partial charge in [0.25, 0.3) is 5.91 Å². The molecule has 0 radical (unpaired) electrons. The van der Waals surface area contributed by atoms with Crippen LogP contribution < -0.4 is 16.4 Å². The molecule has 0 saturated carbocycles. The van der Waals surface area contributed by atoms with Crippen molar-refractivity contribution in [3.05, 3.63) is 70.8 Å². The van der Waals surface area contributed by atoms with Crippen LogP contribution in [0.5, 0.6) is 0 Å². The van der Waals surface area contributed by atoms with Crippen molar-refractivity contribution in [2.24, 2.45) is 0 Å². The number of nitrogens with one attached hydrogen (secondary N) is 2. The van der Waals surface area contributed by atoms with Crippen molar-refractivity contribution >= 4 is 44.0 Å². The third-order valence-electron chi connectivity index (χ3n) is 5.06. The molecule has 0 atom stereocenters. The zero-order valence-electron chi connectivity index (χ0n) is 17.4. The Morgan fingerprint density at radius 3 is 2.26 bits per heavy atom. The van der Waals surface area contributed by atoms with E-state index in [9.17, 15) is 10.1 Å². The van der Waals surface area contributed by atoms with Crippen molar-refractivity contribution < 1.29 is 4.79 Å². The molecule has 0 bridgehead atoms. The highest BCUT2D eigenvalue weighted by molar-refractivity contribution is 7.24. The predicted molar refractivity (Wildman–Crippen MR) is 127 cm³/mol. The van der Waals surface area contributed by atoms with E-state index in [1.165, 1.54) is 11.3 Å². The highest BCUT2D eigenvalue weighted by atomic mass is 32.1. The van der Waals surface area contributed by atoms with E-state index in [0.717, 1.165) is 27.1 Å². The van der Waals surface area contributed by atoms with Crippen LogP contribution in [0.25, 0.3) is 21.3 Å². The predicted octanol–water partition coefficient (Wildman–Crippen LogP) is 5.14. The number of rotatable bonds is 4. The first-order valence-corrected chi connectivity index (χ1v) is 10.5. The SMILES string of the molecule is CNC(=O)c1c(Nc2ccc(C)cc2)sc2c(-c3ccc(C)cc3)c(C#N)c(N)nc12. The number of amides is 1. The number of thiophene rings is 1. The summed E-state index contributed by atoms with van der Waals surface area (Å²) in [6.45, 7) is 4.02. The Bertz CT molecular complexity index is 1330. The van der Waals surface area contributed by atoms with Crippen LogP contribution in [-0.2, 0) is 0 Å². The average Bonchev–Trinajstić information content (AvgIpc) is 3.11. The van der Waals surface area contributed by atoms with Gasteiger partial charge in [-0.3, -0.25) is 4.79 Å². The summed E-state index contributed by atoms with van der Waals surface area (Å²) in [4.78, 5) is 17.3. The fourth-order valence-electron chi connectivity index (χ4n) is 3.42. The van der Waals surface area contributed by atoms with Gasteiger partial charge in [-0.2, -0.15) is 5.26 Å². The van der Waals surface area contributed by atoms with Gasteiger partial charge in [-0.1, -0.05) is 47.5 Å². The van der Waals surface area contributed by atoms with Gasteiger partial charge in [0.1, 0.15) is 28.0 Å². The Hall–Kier alpha value is -3.89. The van der Waals surface area contributed by atoms with Gasteiger partial charge in [-0.25, -0.2) is 4.98 Å². The molecule has 0 aliphatic rings. The number of nitriles is 1. The lowest BCUT2D eigenvalue weighted by atomic mass is 9.99. The molecule has 2 aromatic carbocycles. The summed E-state index contributed by atoms with van der Waals surface area (Å²) in [7, 11) is 1.58. The number of benzene rings is 2. The maximum absolute atomic E-state index is 12.8. The Balaban J connectivity index is 2.02. The first-order chi connectivity index (χ1) is 14.9. The van der Waals surface area contributed by atoms with E-state index in [2.05, 4.69) is 21.7 Å². The number of nitrogens with two attached hydrogens (primary N) is 1. The van der Waals surface area contributed by atoms with Crippen LogP contribution in [0, 0.1) is 25.2 Å². The summed E-state index contributed by atoms with van der Waals surface area (Å²) in [6.07, 6.45) is 0. The maximum Gasteiger partial charge on any atom is 0.256 e. The molecule has 0 fully saturated rings. The van der Waals surface area contributed by atoms with Crippen LogP contribution in [-0.4, -0.2) is 17.9 Å². The number of pyridine rings is 1. The minimum atomic E-state index is -0.271. The molecule has 0 aliphatic heterocycles. The summed E-state index contributed by atoms with van der Waals surface area (Å²) in [5.74, 6) is -0.164. The molecular formula is C24H21N5OS. The van der Waals surface area contributed by atoms with Crippen LogP contribution in [0.15, 0.2) is 48.5 Å². The second kappa shape index (κ2) is 8.09. The van der Waals surface area contributed by atoms with Crippen molar-refractivity contribution in [3.63, 3.8) is 0 Å². The van der Waals surface area contributed by atoms with Crippen LogP contribution in [0.3, 0.4) is 0 Å². The minimum absolute atomic E-state index is 0.107. The number of nitrogens with zero attached hydrogens (tertiary/aromatic N) is 2. The van der Waals surface area contributed by atoms with Crippen molar-refractivity contribution in [2.75, 3.05) is 18.1 Å². The molecule has 4 aromatic rings. The highest BCUT2D eigenvalue weighted by Gasteiger charge is 2.25. The number of hydrogen-bond acceptors (Lipinski definition) is 6. The van der Waals surface area contributed by atoms with Gasteiger partial charge in [0.05, 0.1) is 10.2 Å². The molecule has 0 saturated heterocycles. The fourth-order valence-corrected chi connectivity index (χ4v) is 4.65. The van der Waals surface area contributed by atoms with Gasteiger partial charge in [0.15, 0.2) is 0 Å². The Kier molecular flexibility index (Phi) is 5.32. The maximum atomic E-state index is 12.8. The first kappa shape index (κ1) is 20.4. The molecule has 7 heteroatoms. The minimum Gasteiger partial charge on any atom is -0.383 e. The molecule has 0 aliphatic carbocycles. The van der Waals surface area contributed by atoms with Gasteiger partial charge < -0.3 is 16.4 Å². The Labute approximate surface area is 184 Å². The molecule has 4 N–H and O–H groups in total. The van der Waals surface area contributed by atoms with Crippen molar-refractivity contribution in [3.8, 4) is 17.2 Å². The Morgan fingerprint density at radius 2 is 1.68 bits per heavy atom. The van der Waals surface area contributed by atoms with E-state index < -0.39 is 0 Å². The Morgan fingerprint density at radius 1 is 1.06 bits per heavy atom. The summed E-state index contributed by atoms with van der Waals surface area (Å²) in [5.41, 5.74) is 12.0. The van der Waals surface area contributed by atoms with E-state index in [4.69, 9.17) is 5.73 Å². The second-order valence-corrected chi connectivity index (χ2v) is 8.30. The molecular weight excluding hydrogens is 406 g/mol. The number of hydrogen-bond donors (Lipinski definition) is 3. The summed E-state index contributed by atoms with van der Waals surface area (Å²) in [5, 5.41) is 16.5. The topological polar surface area (TPSA) is 104 Å². The lowest BCUT2D eigenvalue weighted by Crippen LogP contribution is -2.18. The lowest BCUT2D eigenvalue weighted by Gasteiger charge is -2.09. The summed E-state index contributed by atoms with van der Waals surface area (Å²) < 4.78 is 0.739. The van der Waals surface area contributed by atoms with Gasteiger partial charge in [0, 0.05) is 18.3 Å². The normalized spacial score (nSPS) is 10.6. The monoisotopic (exact) mass is 427 g/mol. The van der Waals surface area contributed by atoms with Crippen molar-refractivity contribution in [1.82, 2.24) is 10.3 Å². The van der Waals surface area contributed by atoms with Gasteiger partial charge in [-0.15, -0.1) is 11.3 Å². The molecule has 6 nitrogen and oxygen atoms in total. The van der Waals surface area contributed by atoms with Crippen LogP contribution in [0.1, 0.15) is 27.0 Å². The zero-order valence-corrected chi connectivity index (χ0v) is 18.2. The summed E-state index contributed by atoms with van der Waals surface area (Å²) >= 11 is 1.39. The largest absolute Gasteiger partial charge is 0.383 e. The number of carbonyl (C=O) groups is 1. The fraction of sp³-hybridized carbons (Fsp3) is 0.125. The average molecular weight is 428 g/mol.